The third kappa shape index (κ3) is 3.53. The summed E-state index contributed by atoms with van der Waals surface area (Å²) in [4.78, 5) is 4.16. The molecule has 0 saturated heterocycles. The highest BCUT2D eigenvalue weighted by atomic mass is 79.9. The first-order valence-electron chi connectivity index (χ1n) is 6.59. The van der Waals surface area contributed by atoms with Gasteiger partial charge in [-0.05, 0) is 31.5 Å². The van der Waals surface area contributed by atoms with E-state index in [1.54, 1.807) is 20.2 Å². The Morgan fingerprint density at radius 2 is 2.10 bits per heavy atom. The Bertz CT molecular complexity index is 740. The number of aromatic nitrogens is 2. The van der Waals surface area contributed by atoms with Gasteiger partial charge in [0.2, 0.25) is 0 Å². The molecule has 2 aromatic rings. The summed E-state index contributed by atoms with van der Waals surface area (Å²) in [6, 6.07) is 7.59. The number of sulfonamides is 1. The molecule has 7 heteroatoms. The van der Waals surface area contributed by atoms with Gasteiger partial charge in [0, 0.05) is 30.8 Å². The van der Waals surface area contributed by atoms with Crippen molar-refractivity contribution >= 4 is 26.0 Å². The van der Waals surface area contributed by atoms with Gasteiger partial charge in [-0.15, -0.1) is 0 Å². The third-order valence-corrected chi connectivity index (χ3v) is 5.43. The van der Waals surface area contributed by atoms with Gasteiger partial charge < -0.3 is 4.57 Å². The van der Waals surface area contributed by atoms with E-state index >= 15 is 0 Å². The van der Waals surface area contributed by atoms with Crippen LogP contribution in [0.4, 0.5) is 0 Å². The van der Waals surface area contributed by atoms with Crippen LogP contribution in [0.5, 0.6) is 0 Å². The van der Waals surface area contributed by atoms with Crippen LogP contribution in [0.25, 0.3) is 0 Å². The van der Waals surface area contributed by atoms with E-state index in [1.807, 2.05) is 35.8 Å². The fraction of sp³-hybridized carbons (Fsp3) is 0.357. The minimum atomic E-state index is -3.58. The van der Waals surface area contributed by atoms with E-state index in [0.29, 0.717) is 18.9 Å². The van der Waals surface area contributed by atoms with Gasteiger partial charge in [-0.3, -0.25) is 0 Å². The molecule has 0 fully saturated rings. The van der Waals surface area contributed by atoms with Crippen molar-refractivity contribution in [2.75, 3.05) is 7.05 Å². The van der Waals surface area contributed by atoms with Gasteiger partial charge in [-0.1, -0.05) is 28.1 Å². The summed E-state index contributed by atoms with van der Waals surface area (Å²) in [5, 5.41) is 0.0966. The molecule has 0 saturated carbocycles. The summed E-state index contributed by atoms with van der Waals surface area (Å²) >= 11 is 3.39. The molecule has 0 aliphatic heterocycles. The van der Waals surface area contributed by atoms with Crippen LogP contribution < -0.4 is 0 Å². The fourth-order valence-electron chi connectivity index (χ4n) is 2.06. The fourth-order valence-corrected chi connectivity index (χ4v) is 3.65. The molecule has 0 aliphatic rings. The van der Waals surface area contributed by atoms with Crippen molar-refractivity contribution < 1.29 is 8.42 Å². The van der Waals surface area contributed by atoms with Crippen molar-refractivity contribution in [3.05, 3.63) is 46.3 Å². The molecule has 2 rings (SSSR count). The maximum Gasteiger partial charge on any atom is 0.262 e. The van der Waals surface area contributed by atoms with Gasteiger partial charge in [0.05, 0.1) is 0 Å². The minimum Gasteiger partial charge on any atom is -0.334 e. The molecule has 21 heavy (non-hydrogen) atoms. The Morgan fingerprint density at radius 3 is 2.67 bits per heavy atom. The average Bonchev–Trinajstić information content (AvgIpc) is 2.80. The Balaban J connectivity index is 2.26. The standard InChI is InChI=1S/C14H18BrN3O2S/c1-4-18-10-14(16-11(18)2)21(19,20)17(3)9-12-6-5-7-13(15)8-12/h5-8,10H,4,9H2,1-3H3. The molecule has 1 heterocycles. The molecule has 5 nitrogen and oxygen atoms in total. The van der Waals surface area contributed by atoms with E-state index in [0.717, 1.165) is 10.0 Å². The van der Waals surface area contributed by atoms with Gasteiger partial charge in [0.1, 0.15) is 5.82 Å². The van der Waals surface area contributed by atoms with Crippen LogP contribution in [0.15, 0.2) is 40.0 Å². The summed E-state index contributed by atoms with van der Waals surface area (Å²) in [5.41, 5.74) is 0.919. The zero-order valence-corrected chi connectivity index (χ0v) is 14.6. The zero-order valence-electron chi connectivity index (χ0n) is 12.2. The quantitative estimate of drug-likeness (QED) is 0.811. The Morgan fingerprint density at radius 1 is 1.38 bits per heavy atom. The Kier molecular flexibility index (Phi) is 4.85. The average molecular weight is 372 g/mol. The van der Waals surface area contributed by atoms with Crippen LogP contribution in [0.1, 0.15) is 18.3 Å². The van der Waals surface area contributed by atoms with E-state index in [-0.39, 0.29) is 5.03 Å². The summed E-state index contributed by atoms with van der Waals surface area (Å²) in [6.45, 7) is 4.76. The molecular formula is C14H18BrN3O2S. The second-order valence-corrected chi connectivity index (χ2v) is 7.71. The van der Waals surface area contributed by atoms with Crippen molar-refractivity contribution in [1.29, 1.82) is 0 Å². The van der Waals surface area contributed by atoms with Crippen LogP contribution in [0.3, 0.4) is 0 Å². The number of rotatable bonds is 5. The lowest BCUT2D eigenvalue weighted by Gasteiger charge is -2.15. The molecule has 0 spiro atoms. The van der Waals surface area contributed by atoms with Crippen molar-refractivity contribution in [1.82, 2.24) is 13.9 Å². The van der Waals surface area contributed by atoms with Gasteiger partial charge in [0.25, 0.3) is 10.0 Å². The smallest absolute Gasteiger partial charge is 0.262 e. The van der Waals surface area contributed by atoms with Crippen LogP contribution in [0.2, 0.25) is 0 Å². The molecule has 1 aromatic carbocycles. The van der Waals surface area contributed by atoms with Crippen LogP contribution in [-0.2, 0) is 23.1 Å². The molecular weight excluding hydrogens is 354 g/mol. The van der Waals surface area contributed by atoms with Crippen molar-refractivity contribution in [3.8, 4) is 0 Å². The molecule has 0 bridgehead atoms. The van der Waals surface area contributed by atoms with Gasteiger partial charge in [0.15, 0.2) is 5.03 Å². The summed E-state index contributed by atoms with van der Waals surface area (Å²) in [5.74, 6) is 0.701. The van der Waals surface area contributed by atoms with Gasteiger partial charge in [-0.2, -0.15) is 4.31 Å². The van der Waals surface area contributed by atoms with Gasteiger partial charge in [-0.25, -0.2) is 13.4 Å². The van der Waals surface area contributed by atoms with E-state index in [1.165, 1.54) is 4.31 Å². The third-order valence-electron chi connectivity index (χ3n) is 3.26. The first kappa shape index (κ1) is 16.2. The molecule has 0 N–H and O–H groups in total. The molecule has 0 unspecified atom stereocenters. The largest absolute Gasteiger partial charge is 0.334 e. The first-order valence-corrected chi connectivity index (χ1v) is 8.82. The lowest BCUT2D eigenvalue weighted by atomic mass is 10.2. The highest BCUT2D eigenvalue weighted by molar-refractivity contribution is 9.10. The second kappa shape index (κ2) is 6.29. The highest BCUT2D eigenvalue weighted by Crippen LogP contribution is 2.18. The number of nitrogens with zero attached hydrogens (tertiary/aromatic N) is 3. The van der Waals surface area contributed by atoms with E-state index in [2.05, 4.69) is 20.9 Å². The van der Waals surface area contributed by atoms with Gasteiger partial charge >= 0.3 is 0 Å². The van der Waals surface area contributed by atoms with Crippen LogP contribution in [0, 0.1) is 6.92 Å². The predicted octanol–water partition coefficient (Wildman–Crippen LogP) is 2.79. The minimum absolute atomic E-state index is 0.0966. The SMILES string of the molecule is CCn1cc(S(=O)(=O)N(C)Cc2cccc(Br)c2)nc1C. The summed E-state index contributed by atoms with van der Waals surface area (Å²) < 4.78 is 29.1. The predicted molar refractivity (Wildman–Crippen MR) is 85.4 cm³/mol. The number of imidazole rings is 1. The molecule has 0 aliphatic carbocycles. The van der Waals surface area contributed by atoms with Crippen molar-refractivity contribution in [2.45, 2.75) is 32.0 Å². The molecule has 0 radical (unpaired) electrons. The number of aryl methyl sites for hydroxylation is 2. The second-order valence-electron chi connectivity index (χ2n) is 4.80. The Labute approximate surface area is 133 Å². The highest BCUT2D eigenvalue weighted by Gasteiger charge is 2.24. The van der Waals surface area contributed by atoms with E-state index in [4.69, 9.17) is 0 Å². The first-order chi connectivity index (χ1) is 9.84. The topological polar surface area (TPSA) is 55.2 Å². The number of benzene rings is 1. The lowest BCUT2D eigenvalue weighted by Crippen LogP contribution is -2.26. The molecule has 0 amide bonds. The zero-order chi connectivity index (χ0) is 15.6. The molecule has 1 aromatic heterocycles. The van der Waals surface area contributed by atoms with Crippen LogP contribution in [-0.4, -0.2) is 29.3 Å². The van der Waals surface area contributed by atoms with E-state index < -0.39 is 10.0 Å². The lowest BCUT2D eigenvalue weighted by molar-refractivity contribution is 0.464. The number of hydrogen-bond donors (Lipinski definition) is 0. The van der Waals surface area contributed by atoms with E-state index in [9.17, 15) is 8.42 Å². The summed E-state index contributed by atoms with van der Waals surface area (Å²) in [6.07, 6.45) is 1.59. The number of halogens is 1. The molecule has 114 valence electrons. The maximum atomic E-state index is 12.5. The molecule has 0 atom stereocenters. The summed E-state index contributed by atoms with van der Waals surface area (Å²) in [7, 11) is -2.01. The number of hydrogen-bond acceptors (Lipinski definition) is 3. The Hall–Kier alpha value is -1.18. The van der Waals surface area contributed by atoms with Crippen LogP contribution >= 0.6 is 15.9 Å². The monoisotopic (exact) mass is 371 g/mol. The normalized spacial score (nSPS) is 12.0. The maximum absolute atomic E-state index is 12.5. The van der Waals surface area contributed by atoms with Crippen molar-refractivity contribution in [2.24, 2.45) is 0 Å². The van der Waals surface area contributed by atoms with Crippen molar-refractivity contribution in [3.63, 3.8) is 0 Å².